The Morgan fingerprint density at radius 3 is 1.45 bits per heavy atom. The second kappa shape index (κ2) is 11.2. The number of aryl methyl sites for hydroxylation is 2. The number of hydrogen-bond donors (Lipinski definition) is 2. The van der Waals surface area contributed by atoms with E-state index in [0.717, 1.165) is 51.4 Å². The Bertz CT molecular complexity index is 820. The molecule has 2 rings (SSSR count). The molecule has 0 atom stereocenters. The zero-order chi connectivity index (χ0) is 21.3. The maximum absolute atomic E-state index is 13.5. The van der Waals surface area contributed by atoms with Crippen LogP contribution in [0, 0.1) is 0 Å². The minimum absolute atomic E-state index is 0.0833. The highest BCUT2D eigenvalue weighted by molar-refractivity contribution is 7.91. The topological polar surface area (TPSA) is 74.6 Å². The highest BCUT2D eigenvalue weighted by atomic mass is 32.2. The first kappa shape index (κ1) is 23.3. The molecule has 2 aromatic carbocycles. The van der Waals surface area contributed by atoms with Gasteiger partial charge in [-0.15, -0.1) is 0 Å². The Morgan fingerprint density at radius 1 is 0.655 bits per heavy atom. The summed E-state index contributed by atoms with van der Waals surface area (Å²) < 4.78 is 27.0. The van der Waals surface area contributed by atoms with Crippen LogP contribution >= 0.6 is 0 Å². The van der Waals surface area contributed by atoms with Gasteiger partial charge in [-0.05, 0) is 73.2 Å². The van der Waals surface area contributed by atoms with Crippen LogP contribution in [0.25, 0.3) is 0 Å². The van der Waals surface area contributed by atoms with Gasteiger partial charge in [-0.1, -0.05) is 52.4 Å². The Balaban J connectivity index is 2.37. The molecule has 0 aliphatic carbocycles. The van der Waals surface area contributed by atoms with E-state index in [-0.39, 0.29) is 21.3 Å². The van der Waals surface area contributed by atoms with Crippen LogP contribution in [0.4, 0.5) is 0 Å². The molecule has 0 spiro atoms. The van der Waals surface area contributed by atoms with E-state index in [1.54, 1.807) is 12.1 Å². The number of rotatable bonds is 12. The molecule has 0 saturated carbocycles. The summed E-state index contributed by atoms with van der Waals surface area (Å²) in [5, 5.41) is 19.8. The first-order valence-electron chi connectivity index (χ1n) is 10.8. The maximum atomic E-state index is 13.5. The van der Waals surface area contributed by atoms with Gasteiger partial charge in [0.2, 0.25) is 9.84 Å². The van der Waals surface area contributed by atoms with E-state index in [4.69, 9.17) is 0 Å². The molecule has 0 saturated heterocycles. The van der Waals surface area contributed by atoms with Crippen LogP contribution in [0.5, 0.6) is 11.5 Å². The highest BCUT2D eigenvalue weighted by Crippen LogP contribution is 2.32. The summed E-state index contributed by atoms with van der Waals surface area (Å²) in [6, 6.07) is 9.02. The molecular formula is C24H34O4S. The van der Waals surface area contributed by atoms with Crippen molar-refractivity contribution in [3.05, 3.63) is 47.5 Å². The molecule has 160 valence electrons. The quantitative estimate of drug-likeness (QED) is 0.404. The molecule has 2 aromatic rings. The van der Waals surface area contributed by atoms with E-state index in [9.17, 15) is 18.6 Å². The molecule has 4 nitrogen and oxygen atoms in total. The van der Waals surface area contributed by atoms with Crippen molar-refractivity contribution in [1.29, 1.82) is 0 Å². The van der Waals surface area contributed by atoms with Gasteiger partial charge in [0.1, 0.15) is 11.5 Å². The number of benzene rings is 2. The van der Waals surface area contributed by atoms with Crippen molar-refractivity contribution >= 4 is 9.84 Å². The fraction of sp³-hybridized carbons (Fsp3) is 0.500. The third-order valence-electron chi connectivity index (χ3n) is 5.27. The van der Waals surface area contributed by atoms with Crippen LogP contribution < -0.4 is 0 Å². The first-order chi connectivity index (χ1) is 13.9. The van der Waals surface area contributed by atoms with Crippen LogP contribution in [0.3, 0.4) is 0 Å². The van der Waals surface area contributed by atoms with Gasteiger partial charge in [0.15, 0.2) is 0 Å². The summed E-state index contributed by atoms with van der Waals surface area (Å²) in [6.07, 6.45) is 9.53. The Kier molecular flexibility index (Phi) is 9.02. The number of unbranched alkanes of at least 4 members (excludes halogenated alkanes) is 6. The first-order valence-corrected chi connectivity index (χ1v) is 12.3. The van der Waals surface area contributed by atoms with Gasteiger partial charge in [0.05, 0.1) is 9.79 Å². The summed E-state index contributed by atoms with van der Waals surface area (Å²) in [7, 11) is -3.74. The van der Waals surface area contributed by atoms with Gasteiger partial charge in [0.25, 0.3) is 0 Å². The van der Waals surface area contributed by atoms with E-state index in [1.807, 2.05) is 0 Å². The van der Waals surface area contributed by atoms with Crippen molar-refractivity contribution in [1.82, 2.24) is 0 Å². The summed E-state index contributed by atoms with van der Waals surface area (Å²) in [6.45, 7) is 4.27. The van der Waals surface area contributed by atoms with Crippen LogP contribution in [-0.4, -0.2) is 18.6 Å². The van der Waals surface area contributed by atoms with Crippen molar-refractivity contribution in [2.45, 2.75) is 87.8 Å². The van der Waals surface area contributed by atoms with Gasteiger partial charge in [-0.2, -0.15) is 0 Å². The molecule has 5 heteroatoms. The smallest absolute Gasteiger partial charge is 0.207 e. The number of phenolic OH excluding ortho intramolecular Hbond substituents is 2. The lowest BCUT2D eigenvalue weighted by Gasteiger charge is -2.15. The molecule has 0 radical (unpaired) electrons. The molecule has 0 bridgehead atoms. The van der Waals surface area contributed by atoms with Crippen molar-refractivity contribution in [2.75, 3.05) is 0 Å². The van der Waals surface area contributed by atoms with Gasteiger partial charge in [-0.3, -0.25) is 0 Å². The molecule has 0 aliphatic rings. The summed E-state index contributed by atoms with van der Waals surface area (Å²) >= 11 is 0. The molecule has 0 heterocycles. The number of hydrogen-bond acceptors (Lipinski definition) is 4. The molecule has 0 aliphatic heterocycles. The van der Waals surface area contributed by atoms with Gasteiger partial charge in [0, 0.05) is 0 Å². The lowest BCUT2D eigenvalue weighted by atomic mass is 10.1. The fourth-order valence-electron chi connectivity index (χ4n) is 3.65. The summed E-state index contributed by atoms with van der Waals surface area (Å²) in [4.78, 5) is 0.514. The lowest BCUT2D eigenvalue weighted by Crippen LogP contribution is -2.09. The monoisotopic (exact) mass is 418 g/mol. The summed E-state index contributed by atoms with van der Waals surface area (Å²) in [5.41, 5.74) is 1.32. The maximum Gasteiger partial charge on any atom is 0.207 e. The van der Waals surface area contributed by atoms with Gasteiger partial charge >= 0.3 is 0 Å². The summed E-state index contributed by atoms with van der Waals surface area (Å²) in [5.74, 6) is 0.167. The molecule has 0 unspecified atom stereocenters. The van der Waals surface area contributed by atoms with E-state index in [1.165, 1.54) is 24.3 Å². The zero-order valence-corrected chi connectivity index (χ0v) is 18.5. The van der Waals surface area contributed by atoms with Crippen LogP contribution in [-0.2, 0) is 22.7 Å². The van der Waals surface area contributed by atoms with Crippen LogP contribution in [0.1, 0.15) is 76.3 Å². The van der Waals surface area contributed by atoms with Gasteiger partial charge in [-0.25, -0.2) is 8.42 Å². The normalized spacial score (nSPS) is 11.7. The fourth-order valence-corrected chi connectivity index (χ4v) is 5.39. The minimum atomic E-state index is -3.74. The minimum Gasteiger partial charge on any atom is -0.508 e. The third kappa shape index (κ3) is 6.49. The van der Waals surface area contributed by atoms with Gasteiger partial charge < -0.3 is 10.2 Å². The predicted octanol–water partition coefficient (Wildman–Crippen LogP) is 6.18. The highest BCUT2D eigenvalue weighted by Gasteiger charge is 2.24. The molecule has 0 fully saturated rings. The molecule has 0 amide bonds. The Hall–Kier alpha value is -2.01. The average molecular weight is 419 g/mol. The molecule has 29 heavy (non-hydrogen) atoms. The SMILES string of the molecule is CCCCCCc1cc(O)ccc1S(=O)(=O)c1ccc(O)cc1CCCCCC. The van der Waals surface area contributed by atoms with Crippen molar-refractivity contribution in [3.63, 3.8) is 0 Å². The standard InChI is InChI=1S/C24H34O4S/c1-3-5-7-9-11-19-17-21(25)13-15-23(19)29(27,28)24-16-14-22(26)18-20(24)12-10-8-6-4-2/h13-18,25-26H,3-12H2,1-2H3. The van der Waals surface area contributed by atoms with Crippen molar-refractivity contribution < 1.29 is 18.6 Å². The van der Waals surface area contributed by atoms with E-state index >= 15 is 0 Å². The largest absolute Gasteiger partial charge is 0.508 e. The van der Waals surface area contributed by atoms with E-state index in [0.29, 0.717) is 24.0 Å². The molecular weight excluding hydrogens is 384 g/mol. The van der Waals surface area contributed by atoms with Crippen LogP contribution in [0.15, 0.2) is 46.2 Å². The second-order valence-electron chi connectivity index (χ2n) is 7.71. The van der Waals surface area contributed by atoms with E-state index < -0.39 is 9.84 Å². The number of aromatic hydroxyl groups is 2. The number of phenols is 2. The van der Waals surface area contributed by atoms with E-state index in [2.05, 4.69) is 13.8 Å². The molecule has 0 aromatic heterocycles. The lowest BCUT2D eigenvalue weighted by molar-refractivity contribution is 0.473. The van der Waals surface area contributed by atoms with Crippen LogP contribution in [0.2, 0.25) is 0 Å². The van der Waals surface area contributed by atoms with Crippen molar-refractivity contribution in [3.8, 4) is 11.5 Å². The predicted molar refractivity (Wildman–Crippen MR) is 117 cm³/mol. The zero-order valence-electron chi connectivity index (χ0n) is 17.7. The second-order valence-corrected chi connectivity index (χ2v) is 9.60. The molecule has 2 N–H and O–H groups in total. The average Bonchev–Trinajstić information content (AvgIpc) is 2.68. The third-order valence-corrected chi connectivity index (χ3v) is 7.22. The Labute approximate surface area is 175 Å². The number of sulfone groups is 1. The Morgan fingerprint density at radius 2 is 1.07 bits per heavy atom. The van der Waals surface area contributed by atoms with Crippen molar-refractivity contribution in [2.24, 2.45) is 0 Å².